The van der Waals surface area contributed by atoms with E-state index in [1.165, 1.54) is 18.2 Å². The zero-order chi connectivity index (χ0) is 17.2. The minimum atomic E-state index is -4.08. The van der Waals surface area contributed by atoms with Gasteiger partial charge in [0.2, 0.25) is 0 Å². The SMILES string of the molecule is O=Nc1cc(S(=O)(=O)Nc2ccc(C(=O)O)c(O)c2)ccc1Cl. The Morgan fingerprint density at radius 2 is 1.87 bits per heavy atom. The lowest BCUT2D eigenvalue weighted by molar-refractivity contribution is 0.0694. The van der Waals surface area contributed by atoms with Crippen LogP contribution in [0.1, 0.15) is 10.4 Å². The van der Waals surface area contributed by atoms with Crippen molar-refractivity contribution in [2.75, 3.05) is 4.72 Å². The van der Waals surface area contributed by atoms with Crippen LogP contribution in [0.5, 0.6) is 5.75 Å². The normalized spacial score (nSPS) is 11.0. The molecule has 0 aliphatic carbocycles. The highest BCUT2D eigenvalue weighted by atomic mass is 35.5. The highest BCUT2D eigenvalue weighted by Crippen LogP contribution is 2.29. The van der Waals surface area contributed by atoms with Gasteiger partial charge >= 0.3 is 5.97 Å². The summed E-state index contributed by atoms with van der Waals surface area (Å²) < 4.78 is 26.6. The number of anilines is 1. The number of carboxylic acids is 1. The number of carboxylic acid groups (broad SMARTS) is 1. The second-order valence-corrected chi connectivity index (χ2v) is 6.44. The van der Waals surface area contributed by atoms with Crippen molar-refractivity contribution in [2.24, 2.45) is 5.18 Å². The minimum absolute atomic E-state index is 0.00223. The van der Waals surface area contributed by atoms with Gasteiger partial charge in [-0.25, -0.2) is 13.2 Å². The van der Waals surface area contributed by atoms with Crippen molar-refractivity contribution in [2.45, 2.75) is 4.90 Å². The maximum atomic E-state index is 12.2. The summed E-state index contributed by atoms with van der Waals surface area (Å²) >= 11 is 5.68. The highest BCUT2D eigenvalue weighted by Gasteiger charge is 2.18. The number of halogens is 1. The standard InChI is InChI=1S/C13H9ClN2O6S/c14-10-4-2-8(6-11(10)15-20)23(21,22)16-7-1-3-9(13(18)19)12(17)5-7/h1-6,16-17H,(H,18,19). The fourth-order valence-corrected chi connectivity index (χ4v) is 2.94. The minimum Gasteiger partial charge on any atom is -0.507 e. The van der Waals surface area contributed by atoms with Crippen molar-refractivity contribution in [3.05, 3.63) is 51.9 Å². The van der Waals surface area contributed by atoms with Gasteiger partial charge in [0.15, 0.2) is 0 Å². The van der Waals surface area contributed by atoms with Crippen LogP contribution in [-0.4, -0.2) is 24.6 Å². The quantitative estimate of drug-likeness (QED) is 0.705. The predicted octanol–water partition coefficient (Wildman–Crippen LogP) is 2.94. The van der Waals surface area contributed by atoms with E-state index in [4.69, 9.17) is 16.7 Å². The number of nitroso groups, excluding NO2 is 1. The van der Waals surface area contributed by atoms with E-state index in [9.17, 15) is 23.2 Å². The lowest BCUT2D eigenvalue weighted by Gasteiger charge is -2.10. The van der Waals surface area contributed by atoms with Crippen molar-refractivity contribution < 1.29 is 23.4 Å². The molecule has 0 saturated heterocycles. The van der Waals surface area contributed by atoms with Gasteiger partial charge in [-0.05, 0) is 35.5 Å². The Morgan fingerprint density at radius 1 is 1.17 bits per heavy atom. The van der Waals surface area contributed by atoms with Gasteiger partial charge in [0.25, 0.3) is 10.0 Å². The molecule has 0 fully saturated rings. The molecular formula is C13H9ClN2O6S. The fourth-order valence-electron chi connectivity index (χ4n) is 1.72. The van der Waals surface area contributed by atoms with Crippen LogP contribution in [0, 0.1) is 4.91 Å². The Balaban J connectivity index is 2.37. The van der Waals surface area contributed by atoms with E-state index < -0.39 is 21.7 Å². The van der Waals surface area contributed by atoms with Crippen LogP contribution in [0.25, 0.3) is 0 Å². The van der Waals surface area contributed by atoms with Gasteiger partial charge in [-0.15, -0.1) is 4.91 Å². The third-order valence-corrected chi connectivity index (χ3v) is 4.51. The largest absolute Gasteiger partial charge is 0.507 e. The van der Waals surface area contributed by atoms with E-state index in [0.717, 1.165) is 18.2 Å². The topological polar surface area (TPSA) is 133 Å². The fraction of sp³-hybridized carbons (Fsp3) is 0. The van der Waals surface area contributed by atoms with E-state index >= 15 is 0 Å². The molecule has 0 atom stereocenters. The summed E-state index contributed by atoms with van der Waals surface area (Å²) in [5.41, 5.74) is -0.659. The number of carbonyl (C=O) groups is 1. The predicted molar refractivity (Wildman–Crippen MR) is 82.8 cm³/mol. The Bertz CT molecular complexity index is 897. The summed E-state index contributed by atoms with van der Waals surface area (Å²) in [7, 11) is -4.08. The van der Waals surface area contributed by atoms with Crippen molar-refractivity contribution in [3.63, 3.8) is 0 Å². The molecule has 0 aromatic heterocycles. The van der Waals surface area contributed by atoms with Gasteiger partial charge < -0.3 is 10.2 Å². The number of hydrogen-bond acceptors (Lipinski definition) is 6. The van der Waals surface area contributed by atoms with E-state index in [0.29, 0.717) is 0 Å². The first-order valence-corrected chi connectivity index (χ1v) is 7.83. The van der Waals surface area contributed by atoms with E-state index in [-0.39, 0.29) is 26.9 Å². The number of aromatic hydroxyl groups is 1. The first kappa shape index (κ1) is 16.7. The number of phenols is 1. The average molecular weight is 357 g/mol. The molecule has 2 aromatic carbocycles. The molecule has 0 aliphatic heterocycles. The lowest BCUT2D eigenvalue weighted by Crippen LogP contribution is -2.13. The molecule has 23 heavy (non-hydrogen) atoms. The molecule has 0 spiro atoms. The molecule has 0 aliphatic rings. The smallest absolute Gasteiger partial charge is 0.339 e. The molecule has 10 heteroatoms. The van der Waals surface area contributed by atoms with E-state index in [1.807, 2.05) is 0 Å². The second kappa shape index (κ2) is 6.23. The van der Waals surface area contributed by atoms with E-state index in [2.05, 4.69) is 9.90 Å². The number of nitrogens with zero attached hydrogens (tertiary/aromatic N) is 1. The molecule has 2 aromatic rings. The summed E-state index contributed by atoms with van der Waals surface area (Å²) in [4.78, 5) is 21.1. The molecule has 0 unspecified atom stereocenters. The van der Waals surface area contributed by atoms with Crippen LogP contribution in [0.2, 0.25) is 5.02 Å². The first-order valence-electron chi connectivity index (χ1n) is 5.96. The highest BCUT2D eigenvalue weighted by molar-refractivity contribution is 7.92. The summed E-state index contributed by atoms with van der Waals surface area (Å²) in [6.45, 7) is 0. The molecule has 0 radical (unpaired) electrons. The third kappa shape index (κ3) is 3.58. The van der Waals surface area contributed by atoms with Crippen molar-refractivity contribution >= 4 is 39.0 Å². The number of sulfonamides is 1. The monoisotopic (exact) mass is 356 g/mol. The lowest BCUT2D eigenvalue weighted by atomic mass is 10.2. The molecule has 120 valence electrons. The van der Waals surface area contributed by atoms with Crippen LogP contribution >= 0.6 is 11.6 Å². The Kier molecular flexibility index (Phi) is 4.52. The van der Waals surface area contributed by atoms with Gasteiger partial charge in [0.1, 0.15) is 17.0 Å². The number of benzene rings is 2. The third-order valence-electron chi connectivity index (χ3n) is 2.81. The van der Waals surface area contributed by atoms with Crippen molar-refractivity contribution in [1.29, 1.82) is 0 Å². The number of hydrogen-bond donors (Lipinski definition) is 3. The maximum Gasteiger partial charge on any atom is 0.339 e. The van der Waals surface area contributed by atoms with Crippen LogP contribution in [0.3, 0.4) is 0 Å². The second-order valence-electron chi connectivity index (χ2n) is 4.35. The molecule has 8 nitrogen and oxygen atoms in total. The van der Waals surface area contributed by atoms with Gasteiger partial charge in [0, 0.05) is 6.07 Å². The molecule has 0 amide bonds. The number of aromatic carboxylic acids is 1. The van der Waals surface area contributed by atoms with Crippen LogP contribution in [-0.2, 0) is 10.0 Å². The molecule has 2 rings (SSSR count). The number of nitrogens with one attached hydrogen (secondary N) is 1. The Labute approximate surface area is 135 Å². The molecular weight excluding hydrogens is 348 g/mol. The molecule has 0 saturated carbocycles. The van der Waals surface area contributed by atoms with Crippen molar-refractivity contribution in [3.8, 4) is 5.75 Å². The first-order chi connectivity index (χ1) is 10.7. The maximum absolute atomic E-state index is 12.2. The molecule has 0 bridgehead atoms. The van der Waals surface area contributed by atoms with E-state index in [1.54, 1.807) is 0 Å². The van der Waals surface area contributed by atoms with Gasteiger partial charge in [-0.2, -0.15) is 0 Å². The van der Waals surface area contributed by atoms with Crippen molar-refractivity contribution in [1.82, 2.24) is 0 Å². The zero-order valence-corrected chi connectivity index (χ0v) is 12.8. The average Bonchev–Trinajstić information content (AvgIpc) is 2.46. The molecule has 3 N–H and O–H groups in total. The van der Waals surface area contributed by atoms with Crippen LogP contribution in [0.15, 0.2) is 46.5 Å². The molecule has 0 heterocycles. The van der Waals surface area contributed by atoms with Crippen LogP contribution < -0.4 is 4.72 Å². The summed E-state index contributed by atoms with van der Waals surface area (Å²) in [5, 5.41) is 21.0. The number of rotatable bonds is 5. The zero-order valence-electron chi connectivity index (χ0n) is 11.2. The van der Waals surface area contributed by atoms with Gasteiger partial charge in [-0.1, -0.05) is 11.6 Å². The summed E-state index contributed by atoms with van der Waals surface area (Å²) in [5.74, 6) is -1.94. The summed E-state index contributed by atoms with van der Waals surface area (Å²) in [6.07, 6.45) is 0. The van der Waals surface area contributed by atoms with Gasteiger partial charge in [0.05, 0.1) is 15.6 Å². The van der Waals surface area contributed by atoms with Crippen LogP contribution in [0.4, 0.5) is 11.4 Å². The Hall–Kier alpha value is -2.65. The summed E-state index contributed by atoms with van der Waals surface area (Å²) in [6, 6.07) is 6.55. The van der Waals surface area contributed by atoms with Gasteiger partial charge in [-0.3, -0.25) is 4.72 Å². The Morgan fingerprint density at radius 3 is 2.43 bits per heavy atom.